The summed E-state index contributed by atoms with van der Waals surface area (Å²) in [7, 11) is 0. The molecule has 0 aliphatic rings. The van der Waals surface area contributed by atoms with Gasteiger partial charge in [0.1, 0.15) is 5.82 Å². The molecule has 0 fully saturated rings. The third-order valence-corrected chi connectivity index (χ3v) is 3.36. The highest BCUT2D eigenvalue weighted by Crippen LogP contribution is 2.21. The van der Waals surface area contributed by atoms with E-state index >= 15 is 0 Å². The summed E-state index contributed by atoms with van der Waals surface area (Å²) in [4.78, 5) is 4.07. The largest absolute Gasteiger partial charge is 0.382 e. The third-order valence-electron chi connectivity index (χ3n) is 3.36. The number of rotatable bonds is 4. The molecule has 0 atom stereocenters. The Morgan fingerprint density at radius 1 is 0.857 bits per heavy atom. The fraction of sp³-hybridized carbons (Fsp3) is 0.0556. The summed E-state index contributed by atoms with van der Waals surface area (Å²) in [6.45, 7) is 0.719. The minimum Gasteiger partial charge on any atom is -0.382 e. The van der Waals surface area contributed by atoms with Crippen LogP contribution in [-0.4, -0.2) is 4.98 Å². The number of nitrogens with zero attached hydrogens (tertiary/aromatic N) is 1. The molecular weight excluding hydrogens is 258 g/mol. The fourth-order valence-electron chi connectivity index (χ4n) is 2.26. The lowest BCUT2D eigenvalue weighted by Gasteiger charge is -2.09. The van der Waals surface area contributed by atoms with Crippen molar-refractivity contribution in [2.75, 3.05) is 11.1 Å². The SMILES string of the molecule is Nc1ncccc1NCc1cccc(-c2ccccc2)c1. The first-order chi connectivity index (χ1) is 10.3. The average molecular weight is 275 g/mol. The molecule has 0 aliphatic carbocycles. The maximum atomic E-state index is 5.83. The first kappa shape index (κ1) is 13.2. The van der Waals surface area contributed by atoms with Gasteiger partial charge in [-0.2, -0.15) is 0 Å². The fourth-order valence-corrected chi connectivity index (χ4v) is 2.26. The Morgan fingerprint density at radius 2 is 1.67 bits per heavy atom. The quantitative estimate of drug-likeness (QED) is 0.758. The van der Waals surface area contributed by atoms with Crippen LogP contribution >= 0.6 is 0 Å². The van der Waals surface area contributed by atoms with Gasteiger partial charge < -0.3 is 11.1 Å². The molecule has 2 aromatic carbocycles. The van der Waals surface area contributed by atoms with Gasteiger partial charge in [0.05, 0.1) is 5.69 Å². The Bertz CT molecular complexity index is 723. The second-order valence-electron chi connectivity index (χ2n) is 4.86. The van der Waals surface area contributed by atoms with Crippen molar-refractivity contribution in [3.05, 3.63) is 78.5 Å². The molecule has 0 amide bonds. The first-order valence-electron chi connectivity index (χ1n) is 6.91. The summed E-state index contributed by atoms with van der Waals surface area (Å²) in [6.07, 6.45) is 1.69. The molecule has 0 aliphatic heterocycles. The number of aromatic nitrogens is 1. The zero-order valence-electron chi connectivity index (χ0n) is 11.7. The van der Waals surface area contributed by atoms with E-state index in [4.69, 9.17) is 5.73 Å². The summed E-state index contributed by atoms with van der Waals surface area (Å²) in [5.41, 5.74) is 10.3. The number of benzene rings is 2. The maximum absolute atomic E-state index is 5.83. The monoisotopic (exact) mass is 275 g/mol. The predicted molar refractivity (Wildman–Crippen MR) is 87.9 cm³/mol. The number of anilines is 2. The third kappa shape index (κ3) is 3.20. The van der Waals surface area contributed by atoms with Crippen LogP contribution in [0, 0.1) is 0 Å². The summed E-state index contributed by atoms with van der Waals surface area (Å²) >= 11 is 0. The molecule has 1 aromatic heterocycles. The van der Waals surface area contributed by atoms with Gasteiger partial charge in [-0.3, -0.25) is 0 Å². The molecule has 0 saturated heterocycles. The number of hydrogen-bond donors (Lipinski definition) is 2. The molecule has 3 N–H and O–H groups in total. The molecule has 0 saturated carbocycles. The Labute approximate surface area is 124 Å². The van der Waals surface area contributed by atoms with Crippen LogP contribution in [0.3, 0.4) is 0 Å². The van der Waals surface area contributed by atoms with E-state index in [0.717, 1.165) is 12.2 Å². The minimum atomic E-state index is 0.525. The Balaban J connectivity index is 1.77. The molecule has 0 unspecified atom stereocenters. The van der Waals surface area contributed by atoms with Gasteiger partial charge >= 0.3 is 0 Å². The van der Waals surface area contributed by atoms with Crippen LogP contribution in [0.2, 0.25) is 0 Å². The van der Waals surface area contributed by atoms with E-state index in [9.17, 15) is 0 Å². The molecular formula is C18H17N3. The van der Waals surface area contributed by atoms with Crippen molar-refractivity contribution in [3.63, 3.8) is 0 Å². The van der Waals surface area contributed by atoms with E-state index in [1.807, 2.05) is 18.2 Å². The van der Waals surface area contributed by atoms with Crippen molar-refractivity contribution in [2.24, 2.45) is 0 Å². The highest BCUT2D eigenvalue weighted by atomic mass is 14.9. The van der Waals surface area contributed by atoms with Gasteiger partial charge in [0.25, 0.3) is 0 Å². The van der Waals surface area contributed by atoms with Crippen molar-refractivity contribution < 1.29 is 0 Å². The second-order valence-corrected chi connectivity index (χ2v) is 4.86. The molecule has 3 nitrogen and oxygen atoms in total. The van der Waals surface area contributed by atoms with Crippen LogP contribution in [-0.2, 0) is 6.54 Å². The van der Waals surface area contributed by atoms with Crippen molar-refractivity contribution in [2.45, 2.75) is 6.54 Å². The van der Waals surface area contributed by atoms with E-state index in [1.54, 1.807) is 6.20 Å². The lowest BCUT2D eigenvalue weighted by atomic mass is 10.0. The molecule has 3 aromatic rings. The van der Waals surface area contributed by atoms with E-state index in [-0.39, 0.29) is 0 Å². The van der Waals surface area contributed by atoms with Crippen molar-refractivity contribution in [1.82, 2.24) is 4.98 Å². The van der Waals surface area contributed by atoms with E-state index in [2.05, 4.69) is 58.8 Å². The predicted octanol–water partition coefficient (Wildman–Crippen LogP) is 3.94. The zero-order valence-corrected chi connectivity index (χ0v) is 11.7. The number of nitrogens with two attached hydrogens (primary N) is 1. The zero-order chi connectivity index (χ0) is 14.5. The van der Waals surface area contributed by atoms with Gasteiger partial charge in [-0.1, -0.05) is 48.5 Å². The van der Waals surface area contributed by atoms with Crippen LogP contribution in [0.15, 0.2) is 72.9 Å². The number of nitrogens with one attached hydrogen (secondary N) is 1. The summed E-state index contributed by atoms with van der Waals surface area (Å²) < 4.78 is 0. The van der Waals surface area contributed by atoms with Gasteiger partial charge in [-0.15, -0.1) is 0 Å². The van der Waals surface area contributed by atoms with Crippen LogP contribution in [0.25, 0.3) is 11.1 Å². The lowest BCUT2D eigenvalue weighted by Crippen LogP contribution is -2.03. The van der Waals surface area contributed by atoms with Crippen molar-refractivity contribution in [3.8, 4) is 11.1 Å². The van der Waals surface area contributed by atoms with E-state index < -0.39 is 0 Å². The average Bonchev–Trinajstić information content (AvgIpc) is 2.55. The normalized spacial score (nSPS) is 10.3. The number of hydrogen-bond acceptors (Lipinski definition) is 3. The van der Waals surface area contributed by atoms with Crippen LogP contribution in [0.5, 0.6) is 0 Å². The number of nitrogen functional groups attached to an aromatic ring is 1. The topological polar surface area (TPSA) is 50.9 Å². The van der Waals surface area contributed by atoms with Gasteiger partial charge in [-0.05, 0) is 34.9 Å². The molecule has 104 valence electrons. The molecule has 0 spiro atoms. The summed E-state index contributed by atoms with van der Waals surface area (Å²) in [6, 6.07) is 22.7. The smallest absolute Gasteiger partial charge is 0.146 e. The highest BCUT2D eigenvalue weighted by molar-refractivity contribution is 5.65. The lowest BCUT2D eigenvalue weighted by molar-refractivity contribution is 1.14. The van der Waals surface area contributed by atoms with Gasteiger partial charge in [0, 0.05) is 12.7 Å². The Kier molecular flexibility index (Phi) is 3.83. The van der Waals surface area contributed by atoms with E-state index in [1.165, 1.54) is 16.7 Å². The first-order valence-corrected chi connectivity index (χ1v) is 6.91. The number of pyridine rings is 1. The molecule has 3 heteroatoms. The minimum absolute atomic E-state index is 0.525. The summed E-state index contributed by atoms with van der Waals surface area (Å²) in [5, 5.41) is 3.32. The van der Waals surface area contributed by atoms with Gasteiger partial charge in [0.15, 0.2) is 0 Å². The van der Waals surface area contributed by atoms with Crippen LogP contribution in [0.1, 0.15) is 5.56 Å². The second kappa shape index (κ2) is 6.09. The maximum Gasteiger partial charge on any atom is 0.146 e. The highest BCUT2D eigenvalue weighted by Gasteiger charge is 2.01. The molecule has 0 bridgehead atoms. The molecule has 0 radical (unpaired) electrons. The van der Waals surface area contributed by atoms with Crippen molar-refractivity contribution in [1.29, 1.82) is 0 Å². The molecule has 21 heavy (non-hydrogen) atoms. The van der Waals surface area contributed by atoms with Crippen molar-refractivity contribution >= 4 is 11.5 Å². The summed E-state index contributed by atoms with van der Waals surface area (Å²) in [5.74, 6) is 0.525. The Hall–Kier alpha value is -2.81. The van der Waals surface area contributed by atoms with Gasteiger partial charge in [0.2, 0.25) is 0 Å². The molecule has 1 heterocycles. The molecule has 3 rings (SSSR count). The Morgan fingerprint density at radius 3 is 2.48 bits per heavy atom. The van der Waals surface area contributed by atoms with Gasteiger partial charge in [-0.25, -0.2) is 4.98 Å². The van der Waals surface area contributed by atoms with Crippen LogP contribution < -0.4 is 11.1 Å². The van der Waals surface area contributed by atoms with Crippen LogP contribution in [0.4, 0.5) is 11.5 Å². The standard InChI is InChI=1S/C18H17N3/c19-18-17(10-5-11-20-18)21-13-14-6-4-9-16(12-14)15-7-2-1-3-8-15/h1-12,21H,13H2,(H2,19,20). The van der Waals surface area contributed by atoms with E-state index in [0.29, 0.717) is 5.82 Å².